The van der Waals surface area contributed by atoms with Crippen molar-refractivity contribution in [3.8, 4) is 0 Å². The van der Waals surface area contributed by atoms with Crippen molar-refractivity contribution in [1.29, 1.82) is 0 Å². The van der Waals surface area contributed by atoms with E-state index in [2.05, 4.69) is 15.0 Å². The Balaban J connectivity index is 1.22. The van der Waals surface area contributed by atoms with Gasteiger partial charge in [0.25, 0.3) is 0 Å². The van der Waals surface area contributed by atoms with Gasteiger partial charge in [-0.25, -0.2) is 18.1 Å². The van der Waals surface area contributed by atoms with Crippen LogP contribution in [0.25, 0.3) is 11.2 Å². The number of fused-ring (bicyclic) bond motifs is 1. The number of imidazole rings is 1. The largest absolute Gasteiger partial charge is 0.471 e. The minimum Gasteiger partial charge on any atom is -0.388 e. The van der Waals surface area contributed by atoms with E-state index in [0.29, 0.717) is 23.6 Å². The summed E-state index contributed by atoms with van der Waals surface area (Å²) in [6, 6.07) is 19.4. The first-order valence-electron chi connectivity index (χ1n) is 19.2. The van der Waals surface area contributed by atoms with E-state index in [1.54, 1.807) is 11.8 Å². The van der Waals surface area contributed by atoms with Crippen LogP contribution in [0.3, 0.4) is 0 Å². The summed E-state index contributed by atoms with van der Waals surface area (Å²) in [6.45, 7) is 1.88. The molecule has 2 fully saturated rings. The predicted octanol–water partition coefficient (Wildman–Crippen LogP) is 5.48. The van der Waals surface area contributed by atoms with Crippen LogP contribution in [-0.4, -0.2) is 106 Å². The van der Waals surface area contributed by atoms with Crippen molar-refractivity contribution < 1.29 is 49.8 Å². The summed E-state index contributed by atoms with van der Waals surface area (Å²) >= 11 is 0. The summed E-state index contributed by atoms with van der Waals surface area (Å²) in [5.74, 6) is -1.94. The Bertz CT molecular complexity index is 2350. The maximum atomic E-state index is 13.7. The fourth-order valence-corrected chi connectivity index (χ4v) is 9.21. The van der Waals surface area contributed by atoms with Gasteiger partial charge in [0.2, 0.25) is 16.0 Å². The van der Waals surface area contributed by atoms with Crippen molar-refractivity contribution in [2.24, 2.45) is 0 Å². The second-order valence-electron chi connectivity index (χ2n) is 14.9. The van der Waals surface area contributed by atoms with E-state index in [1.165, 1.54) is 10.9 Å². The second-order valence-corrected chi connectivity index (χ2v) is 16.6. The highest BCUT2D eigenvalue weighted by atomic mass is 32.2. The Morgan fingerprint density at radius 1 is 0.917 bits per heavy atom. The number of sulfonamides is 1. The first kappa shape index (κ1) is 42.8. The molecule has 3 heterocycles. The van der Waals surface area contributed by atoms with Gasteiger partial charge in [-0.3, -0.25) is 4.79 Å². The van der Waals surface area contributed by atoms with Gasteiger partial charge in [0, 0.05) is 38.1 Å². The molecule has 5 aromatic rings. The average molecular weight is 861 g/mol. The van der Waals surface area contributed by atoms with Crippen LogP contribution in [0.15, 0.2) is 96.2 Å². The third-order valence-corrected chi connectivity index (χ3v) is 12.5. The maximum absolute atomic E-state index is 13.7. The molecule has 1 saturated carbocycles. The third kappa shape index (κ3) is 8.91. The van der Waals surface area contributed by atoms with Crippen LogP contribution < -0.4 is 14.9 Å². The zero-order chi connectivity index (χ0) is 43.0. The normalized spacial score (nSPS) is 21.2. The van der Waals surface area contributed by atoms with Crippen LogP contribution in [0.2, 0.25) is 0 Å². The second kappa shape index (κ2) is 17.0. The average Bonchev–Trinajstić information content (AvgIpc) is 3.94. The van der Waals surface area contributed by atoms with E-state index >= 15 is 0 Å². The summed E-state index contributed by atoms with van der Waals surface area (Å²) in [4.78, 5) is 28.5. The lowest BCUT2D eigenvalue weighted by Crippen LogP contribution is -2.51. The van der Waals surface area contributed by atoms with E-state index in [0.717, 1.165) is 23.3 Å². The van der Waals surface area contributed by atoms with Gasteiger partial charge in [0.15, 0.2) is 17.0 Å². The molecular formula is C40H42F6N8O5S. The van der Waals surface area contributed by atoms with Crippen molar-refractivity contribution in [3.63, 3.8) is 0 Å². The Labute approximate surface area is 341 Å². The smallest absolute Gasteiger partial charge is 0.388 e. The van der Waals surface area contributed by atoms with Gasteiger partial charge < -0.3 is 29.9 Å². The zero-order valence-electron chi connectivity index (χ0n) is 32.1. The first-order valence-corrected chi connectivity index (χ1v) is 20.7. The monoisotopic (exact) mass is 860 g/mol. The number of halogens is 6. The van der Waals surface area contributed by atoms with E-state index in [4.69, 9.17) is 9.97 Å². The van der Waals surface area contributed by atoms with Gasteiger partial charge in [0.1, 0.15) is 12.2 Å². The molecule has 13 nitrogen and oxygen atoms in total. The number of rotatable bonds is 13. The number of aromatic nitrogens is 4. The lowest BCUT2D eigenvalue weighted by Gasteiger charge is -2.31. The highest BCUT2D eigenvalue weighted by Gasteiger charge is 2.52. The molecule has 4 N–H and O–H groups in total. The topological polar surface area (TPSA) is 166 Å². The third-order valence-electron chi connectivity index (χ3n) is 10.9. The van der Waals surface area contributed by atoms with Crippen LogP contribution in [0, 0.1) is 0 Å². The van der Waals surface area contributed by atoms with Crippen molar-refractivity contribution in [2.75, 3.05) is 36.4 Å². The minimum absolute atomic E-state index is 0.0496. The summed E-state index contributed by atoms with van der Waals surface area (Å²) in [7, 11) is -4.24. The van der Waals surface area contributed by atoms with Gasteiger partial charge >= 0.3 is 18.3 Å². The van der Waals surface area contributed by atoms with Crippen LogP contribution in [0.5, 0.6) is 0 Å². The van der Waals surface area contributed by atoms with Crippen molar-refractivity contribution in [2.45, 2.75) is 79.7 Å². The van der Waals surface area contributed by atoms with Gasteiger partial charge in [0.05, 0.1) is 28.9 Å². The maximum Gasteiger partial charge on any atom is 0.471 e. The van der Waals surface area contributed by atoms with Gasteiger partial charge in [-0.05, 0) is 54.7 Å². The molecule has 0 spiro atoms. The summed E-state index contributed by atoms with van der Waals surface area (Å²) < 4.78 is 111. The Morgan fingerprint density at radius 3 is 2.13 bits per heavy atom. The summed E-state index contributed by atoms with van der Waals surface area (Å²) in [5, 5.41) is 25.8. The number of aliphatic hydroxyl groups excluding tert-OH is 2. The fourth-order valence-electron chi connectivity index (χ4n) is 7.95. The molecule has 1 aliphatic carbocycles. The minimum atomic E-state index is -5.21. The van der Waals surface area contributed by atoms with Crippen LogP contribution >= 0.6 is 0 Å². The SMILES string of the molecule is CCCN(C(=O)C(F)(F)F)[C@H]1C[C@@H](n2cnc3c(NCC(c4ccccc4)c4ccccc4)nc(N4CC[C@@H](NS(=O)(=O)c5ccc(C(F)(F)F)cc5)C4)nc32)[C@H](O)[C@@H]1O. The quantitative estimate of drug-likeness (QED) is 0.112. The molecule has 1 saturated heterocycles. The molecule has 320 valence electrons. The number of anilines is 2. The van der Waals surface area contributed by atoms with Crippen LogP contribution in [-0.2, 0) is 21.0 Å². The molecule has 20 heteroatoms. The molecule has 3 aromatic carbocycles. The molecule has 5 atom stereocenters. The van der Waals surface area contributed by atoms with Crippen molar-refractivity contribution in [1.82, 2.24) is 29.1 Å². The number of hydrogen-bond acceptors (Lipinski definition) is 10. The molecular weight excluding hydrogens is 819 g/mol. The zero-order valence-corrected chi connectivity index (χ0v) is 32.9. The van der Waals surface area contributed by atoms with Crippen molar-refractivity contribution in [3.05, 3.63) is 108 Å². The summed E-state index contributed by atoms with van der Waals surface area (Å²) in [5.41, 5.74) is 1.38. The number of amides is 1. The van der Waals surface area contributed by atoms with Gasteiger partial charge in [-0.15, -0.1) is 0 Å². The number of nitrogens with one attached hydrogen (secondary N) is 2. The number of carbonyl (C=O) groups excluding carboxylic acids is 1. The van der Waals surface area contributed by atoms with E-state index < -0.39 is 64.2 Å². The molecule has 2 aliphatic rings. The number of aliphatic hydroxyl groups is 2. The fraction of sp³-hybridized carbons (Fsp3) is 0.400. The first-order chi connectivity index (χ1) is 28.5. The van der Waals surface area contributed by atoms with Gasteiger partial charge in [-0.1, -0.05) is 67.6 Å². The standard InChI is InChI=1S/C40H42F6N8O5S/c1-2-18-53(37(57)40(44,45)46)30-20-31(34(56)33(30)55)54-23-48-32-35(47-21-29(24-9-5-3-6-10-24)25-11-7-4-8-12-25)49-38(50-36(32)54)52-19-17-27(22-52)51-60(58,59)28-15-13-26(14-16-28)39(41,42)43/h3-16,23,27,29-31,33-34,51,55-56H,2,17-22H2,1H3,(H,47,49,50)/t27-,30+,31-,33-,34+/m1/s1. The number of benzene rings is 3. The van der Waals surface area contributed by atoms with Crippen LogP contribution in [0.1, 0.15) is 54.8 Å². The summed E-state index contributed by atoms with van der Waals surface area (Å²) in [6.07, 6.45) is -11.7. The predicted molar refractivity (Wildman–Crippen MR) is 208 cm³/mol. The molecule has 7 rings (SSSR count). The van der Waals surface area contributed by atoms with Crippen molar-refractivity contribution >= 4 is 38.9 Å². The number of nitrogens with zero attached hydrogens (tertiary/aromatic N) is 6. The Hall–Kier alpha value is -5.31. The van der Waals surface area contributed by atoms with Crippen LogP contribution in [0.4, 0.5) is 38.1 Å². The molecule has 0 radical (unpaired) electrons. The highest BCUT2D eigenvalue weighted by molar-refractivity contribution is 7.89. The molecule has 0 bridgehead atoms. The molecule has 1 aliphatic heterocycles. The molecule has 1 amide bonds. The Morgan fingerprint density at radius 2 is 1.55 bits per heavy atom. The number of carbonyl (C=O) groups is 1. The number of hydrogen-bond donors (Lipinski definition) is 4. The lowest BCUT2D eigenvalue weighted by atomic mass is 9.91. The van der Waals surface area contributed by atoms with Gasteiger partial charge in [-0.2, -0.15) is 36.3 Å². The molecule has 0 unspecified atom stereocenters. The number of alkyl halides is 6. The molecule has 2 aromatic heterocycles. The Kier molecular flexibility index (Phi) is 12.1. The van der Waals surface area contributed by atoms with E-state index in [9.17, 15) is 49.8 Å². The lowest BCUT2D eigenvalue weighted by molar-refractivity contribution is -0.190. The van der Waals surface area contributed by atoms with E-state index in [1.807, 2.05) is 60.7 Å². The van der Waals surface area contributed by atoms with E-state index in [-0.39, 0.29) is 72.6 Å². The highest BCUT2D eigenvalue weighted by Crippen LogP contribution is 2.39. The molecule has 60 heavy (non-hydrogen) atoms.